The summed E-state index contributed by atoms with van der Waals surface area (Å²) in [6, 6.07) is 17.0. The van der Waals surface area contributed by atoms with E-state index in [2.05, 4.69) is 25.5 Å². The Morgan fingerprint density at radius 3 is 2.39 bits per heavy atom. The van der Waals surface area contributed by atoms with Crippen molar-refractivity contribution in [3.8, 4) is 17.2 Å². The molecule has 4 rings (SSSR count). The SMILES string of the molecule is COc1ccc(NC(=O)CSc2nnc(CSc3nc(C)cc(C)n3)n2-c2ccccc2)c(OC)c1. The van der Waals surface area contributed by atoms with Gasteiger partial charge in [-0.05, 0) is 44.2 Å². The first-order valence-corrected chi connectivity index (χ1v) is 13.0. The molecule has 0 fully saturated rings. The lowest BCUT2D eigenvalue weighted by Gasteiger charge is -2.12. The molecule has 0 atom stereocenters. The molecule has 0 bridgehead atoms. The Labute approximate surface area is 218 Å². The Bertz CT molecular complexity index is 1330. The number of rotatable bonds is 10. The molecule has 0 saturated carbocycles. The van der Waals surface area contributed by atoms with Gasteiger partial charge in [-0.1, -0.05) is 41.7 Å². The predicted octanol–water partition coefficient (Wildman–Crippen LogP) is 4.71. The van der Waals surface area contributed by atoms with E-state index in [0.29, 0.717) is 33.3 Å². The first-order chi connectivity index (χ1) is 17.5. The van der Waals surface area contributed by atoms with Crippen LogP contribution in [0.4, 0.5) is 5.69 Å². The Hall–Kier alpha value is -3.57. The van der Waals surface area contributed by atoms with E-state index >= 15 is 0 Å². The monoisotopic (exact) mass is 522 g/mol. The number of hydrogen-bond acceptors (Lipinski definition) is 9. The quantitative estimate of drug-likeness (QED) is 0.234. The minimum atomic E-state index is -0.189. The van der Waals surface area contributed by atoms with Crippen molar-refractivity contribution in [2.75, 3.05) is 25.3 Å². The highest BCUT2D eigenvalue weighted by Gasteiger charge is 2.17. The number of methoxy groups -OCH3 is 2. The maximum atomic E-state index is 12.7. The van der Waals surface area contributed by atoms with Gasteiger partial charge in [-0.25, -0.2) is 9.97 Å². The minimum Gasteiger partial charge on any atom is -0.497 e. The van der Waals surface area contributed by atoms with Gasteiger partial charge in [0.15, 0.2) is 10.3 Å². The van der Waals surface area contributed by atoms with E-state index in [1.54, 1.807) is 32.4 Å². The van der Waals surface area contributed by atoms with E-state index in [1.807, 2.05) is 54.8 Å². The summed E-state index contributed by atoms with van der Waals surface area (Å²) in [4.78, 5) is 21.7. The van der Waals surface area contributed by atoms with Crippen molar-refractivity contribution in [3.63, 3.8) is 0 Å². The molecule has 0 radical (unpaired) electrons. The second-order valence-corrected chi connectivity index (χ2v) is 9.58. The highest BCUT2D eigenvalue weighted by atomic mass is 32.2. The molecule has 9 nitrogen and oxygen atoms in total. The molecule has 2 aromatic carbocycles. The van der Waals surface area contributed by atoms with Gasteiger partial charge in [-0.2, -0.15) is 0 Å². The Kier molecular flexibility index (Phi) is 8.44. The number of nitrogens with one attached hydrogen (secondary N) is 1. The van der Waals surface area contributed by atoms with Gasteiger partial charge >= 0.3 is 0 Å². The lowest BCUT2D eigenvalue weighted by molar-refractivity contribution is -0.113. The number of anilines is 1. The van der Waals surface area contributed by atoms with Crippen molar-refractivity contribution in [2.45, 2.75) is 29.9 Å². The first-order valence-electron chi connectivity index (χ1n) is 11.1. The number of carbonyl (C=O) groups excluding carboxylic acids is 1. The van der Waals surface area contributed by atoms with Crippen LogP contribution in [-0.2, 0) is 10.5 Å². The molecule has 11 heteroatoms. The van der Waals surface area contributed by atoms with Crippen molar-refractivity contribution in [1.82, 2.24) is 24.7 Å². The van der Waals surface area contributed by atoms with Gasteiger partial charge in [0.2, 0.25) is 5.91 Å². The third kappa shape index (κ3) is 6.35. The van der Waals surface area contributed by atoms with Crippen molar-refractivity contribution in [3.05, 3.63) is 71.8 Å². The number of para-hydroxylation sites is 1. The zero-order chi connectivity index (χ0) is 25.5. The second kappa shape index (κ2) is 11.9. The molecule has 0 saturated heterocycles. The second-order valence-electron chi connectivity index (χ2n) is 7.69. The number of aromatic nitrogens is 5. The fourth-order valence-corrected chi connectivity index (χ4v) is 5.06. The van der Waals surface area contributed by atoms with E-state index in [-0.39, 0.29) is 11.7 Å². The van der Waals surface area contributed by atoms with E-state index in [0.717, 1.165) is 22.9 Å². The van der Waals surface area contributed by atoms with Gasteiger partial charge < -0.3 is 14.8 Å². The molecule has 2 heterocycles. The molecular formula is C25H26N6O3S2. The van der Waals surface area contributed by atoms with Gasteiger partial charge in [0.1, 0.15) is 17.3 Å². The fraction of sp³-hybridized carbons (Fsp3) is 0.240. The van der Waals surface area contributed by atoms with Crippen LogP contribution in [0.2, 0.25) is 0 Å². The lowest BCUT2D eigenvalue weighted by atomic mass is 10.2. The smallest absolute Gasteiger partial charge is 0.234 e. The molecule has 186 valence electrons. The minimum absolute atomic E-state index is 0.146. The van der Waals surface area contributed by atoms with Crippen molar-refractivity contribution < 1.29 is 14.3 Å². The van der Waals surface area contributed by atoms with Crippen molar-refractivity contribution in [1.29, 1.82) is 0 Å². The molecule has 36 heavy (non-hydrogen) atoms. The number of ether oxygens (including phenoxy) is 2. The van der Waals surface area contributed by atoms with Gasteiger partial charge in [-0.15, -0.1) is 10.2 Å². The normalized spacial score (nSPS) is 10.8. The highest BCUT2D eigenvalue weighted by molar-refractivity contribution is 7.99. The van der Waals surface area contributed by atoms with Crippen LogP contribution < -0.4 is 14.8 Å². The third-order valence-corrected chi connectivity index (χ3v) is 6.79. The largest absolute Gasteiger partial charge is 0.497 e. The highest BCUT2D eigenvalue weighted by Crippen LogP contribution is 2.30. The maximum absolute atomic E-state index is 12.7. The Morgan fingerprint density at radius 1 is 0.944 bits per heavy atom. The summed E-state index contributed by atoms with van der Waals surface area (Å²) in [5, 5.41) is 13.0. The zero-order valence-corrected chi connectivity index (χ0v) is 22.0. The number of aryl methyl sites for hydroxylation is 2. The van der Waals surface area contributed by atoms with E-state index in [1.165, 1.54) is 23.5 Å². The standard InChI is InChI=1S/C25H26N6O3S2/c1-16-12-17(2)27-24(26-16)35-14-22-29-30-25(31(22)18-8-6-5-7-9-18)36-15-23(32)28-20-11-10-19(33-3)13-21(20)34-4/h5-13H,14-15H2,1-4H3,(H,28,32). The predicted molar refractivity (Wildman–Crippen MR) is 141 cm³/mol. The molecule has 0 aliphatic rings. The van der Waals surface area contributed by atoms with Gasteiger partial charge in [0, 0.05) is 23.1 Å². The number of hydrogen-bond donors (Lipinski definition) is 1. The summed E-state index contributed by atoms with van der Waals surface area (Å²) in [5.74, 6) is 2.40. The van der Waals surface area contributed by atoms with Crippen LogP contribution in [0.3, 0.4) is 0 Å². The molecule has 4 aromatic rings. The number of carbonyl (C=O) groups is 1. The van der Waals surface area contributed by atoms with Crippen LogP contribution in [-0.4, -0.2) is 50.6 Å². The van der Waals surface area contributed by atoms with Crippen LogP contribution >= 0.6 is 23.5 Å². The average molecular weight is 523 g/mol. The zero-order valence-electron chi connectivity index (χ0n) is 20.4. The summed E-state index contributed by atoms with van der Waals surface area (Å²) < 4.78 is 12.5. The number of thioether (sulfide) groups is 2. The topological polar surface area (TPSA) is 104 Å². The molecule has 2 aromatic heterocycles. The van der Waals surface area contributed by atoms with Gasteiger partial charge in [-0.3, -0.25) is 9.36 Å². The van der Waals surface area contributed by atoms with Crippen LogP contribution in [0, 0.1) is 13.8 Å². The van der Waals surface area contributed by atoms with Crippen molar-refractivity contribution >= 4 is 35.1 Å². The van der Waals surface area contributed by atoms with Crippen LogP contribution in [0.5, 0.6) is 11.5 Å². The molecule has 0 aliphatic carbocycles. The molecule has 0 unspecified atom stereocenters. The molecule has 1 N–H and O–H groups in total. The number of nitrogens with zero attached hydrogens (tertiary/aromatic N) is 5. The fourth-order valence-electron chi connectivity index (χ4n) is 3.43. The molecule has 0 aliphatic heterocycles. The summed E-state index contributed by atoms with van der Waals surface area (Å²) in [5.41, 5.74) is 3.33. The average Bonchev–Trinajstić information content (AvgIpc) is 3.29. The molecule has 1 amide bonds. The maximum Gasteiger partial charge on any atom is 0.234 e. The summed E-state index contributed by atoms with van der Waals surface area (Å²) >= 11 is 2.81. The lowest BCUT2D eigenvalue weighted by Crippen LogP contribution is -2.15. The van der Waals surface area contributed by atoms with Crippen LogP contribution in [0.25, 0.3) is 5.69 Å². The van der Waals surface area contributed by atoms with E-state index in [4.69, 9.17) is 9.47 Å². The third-order valence-electron chi connectivity index (χ3n) is 5.02. The molecule has 0 spiro atoms. The summed E-state index contributed by atoms with van der Waals surface area (Å²) in [6.45, 7) is 3.90. The summed E-state index contributed by atoms with van der Waals surface area (Å²) in [7, 11) is 3.12. The van der Waals surface area contributed by atoms with E-state index < -0.39 is 0 Å². The van der Waals surface area contributed by atoms with Crippen molar-refractivity contribution in [2.24, 2.45) is 0 Å². The van der Waals surface area contributed by atoms with Gasteiger partial charge in [0.25, 0.3) is 0 Å². The first kappa shape index (κ1) is 25.5. The van der Waals surface area contributed by atoms with Crippen LogP contribution in [0.1, 0.15) is 17.2 Å². The van der Waals surface area contributed by atoms with Gasteiger partial charge in [0.05, 0.1) is 31.4 Å². The number of amides is 1. The Balaban J connectivity index is 1.50. The summed E-state index contributed by atoms with van der Waals surface area (Å²) in [6.07, 6.45) is 0. The van der Waals surface area contributed by atoms with Crippen LogP contribution in [0.15, 0.2) is 64.9 Å². The molecular weight excluding hydrogens is 496 g/mol. The Morgan fingerprint density at radius 2 is 1.69 bits per heavy atom. The van der Waals surface area contributed by atoms with E-state index in [9.17, 15) is 4.79 Å². The number of benzene rings is 2.